The zero-order chi connectivity index (χ0) is 11.8. The number of hydrogen-bond donors (Lipinski definition) is 0. The second-order valence-corrected chi connectivity index (χ2v) is 4.18. The molecule has 2 aromatic heterocycles. The first-order chi connectivity index (χ1) is 8.27. The number of rotatable bonds is 1. The van der Waals surface area contributed by atoms with Crippen molar-refractivity contribution in [1.82, 2.24) is 9.55 Å². The summed E-state index contributed by atoms with van der Waals surface area (Å²) in [7, 11) is 4.09. The van der Waals surface area contributed by atoms with Crippen LogP contribution in [0.4, 0.5) is 0 Å². The number of nitrogens with zero attached hydrogens (tertiary/aromatic N) is 3. The lowest BCUT2D eigenvalue weighted by Gasteiger charge is -2.00. The van der Waals surface area contributed by atoms with Crippen LogP contribution in [0.1, 0.15) is 0 Å². The fraction of sp³-hybridized carbons (Fsp3) is 0.143. The maximum absolute atomic E-state index is 4.69. The zero-order valence-corrected chi connectivity index (χ0v) is 9.96. The molecule has 0 amide bonds. The van der Waals surface area contributed by atoms with Crippen molar-refractivity contribution in [3.8, 4) is 11.5 Å². The number of aryl methyl sites for hydroxylation is 2. The van der Waals surface area contributed by atoms with E-state index in [4.69, 9.17) is 0 Å². The highest BCUT2D eigenvalue weighted by Crippen LogP contribution is 2.20. The molecular formula is C14H14N3+. The van der Waals surface area contributed by atoms with Crippen LogP contribution in [-0.2, 0) is 14.1 Å². The number of hydrogen-bond acceptors (Lipinski definition) is 1. The molecular weight excluding hydrogens is 210 g/mol. The summed E-state index contributed by atoms with van der Waals surface area (Å²) in [5.41, 5.74) is 3.31. The first-order valence-electron chi connectivity index (χ1n) is 5.64. The Kier molecular flexibility index (Phi) is 2.18. The highest BCUT2D eigenvalue weighted by molar-refractivity contribution is 5.79. The van der Waals surface area contributed by atoms with Crippen LogP contribution in [0.2, 0.25) is 0 Å². The molecule has 0 N–H and O–H groups in total. The van der Waals surface area contributed by atoms with Crippen LogP contribution in [0.3, 0.4) is 0 Å². The second-order valence-electron chi connectivity index (χ2n) is 4.18. The van der Waals surface area contributed by atoms with Gasteiger partial charge in [-0.1, -0.05) is 12.1 Å². The van der Waals surface area contributed by atoms with E-state index >= 15 is 0 Å². The molecule has 0 fully saturated rings. The van der Waals surface area contributed by atoms with Gasteiger partial charge in [-0.2, -0.15) is 4.57 Å². The molecule has 0 atom stereocenters. The minimum absolute atomic E-state index is 0.995. The SMILES string of the molecule is Cn1c(-c2cccc[n+]2C)nc2ccccc21. The van der Waals surface area contributed by atoms with Crippen LogP contribution in [0, 0.1) is 0 Å². The molecule has 3 aromatic rings. The van der Waals surface area contributed by atoms with Crippen molar-refractivity contribution in [2.24, 2.45) is 14.1 Å². The standard InChI is InChI=1S/C14H14N3/c1-16-10-6-5-9-13(16)14-15-11-7-3-4-8-12(11)17(14)2/h3-10H,1-2H3/q+1. The van der Waals surface area contributed by atoms with Crippen molar-refractivity contribution in [3.05, 3.63) is 48.7 Å². The first kappa shape index (κ1) is 10.0. The van der Waals surface area contributed by atoms with E-state index in [1.807, 2.05) is 43.6 Å². The third-order valence-electron chi connectivity index (χ3n) is 3.07. The van der Waals surface area contributed by atoms with Gasteiger partial charge in [-0.3, -0.25) is 0 Å². The molecule has 84 valence electrons. The van der Waals surface area contributed by atoms with Crippen molar-refractivity contribution in [3.63, 3.8) is 0 Å². The third kappa shape index (κ3) is 1.51. The fourth-order valence-corrected chi connectivity index (χ4v) is 2.13. The molecule has 0 spiro atoms. The second kappa shape index (κ2) is 3.70. The van der Waals surface area contributed by atoms with Crippen LogP contribution in [0.5, 0.6) is 0 Å². The summed E-state index contributed by atoms with van der Waals surface area (Å²) in [6.45, 7) is 0. The molecule has 0 unspecified atom stereocenters. The average Bonchev–Trinajstić information content (AvgIpc) is 2.68. The Bertz CT molecular complexity index is 683. The summed E-state index contributed by atoms with van der Waals surface area (Å²) in [4.78, 5) is 4.69. The Morgan fingerprint density at radius 1 is 1.06 bits per heavy atom. The number of imidazole rings is 1. The van der Waals surface area contributed by atoms with Gasteiger partial charge < -0.3 is 4.57 Å². The lowest BCUT2D eigenvalue weighted by Crippen LogP contribution is -2.30. The zero-order valence-electron chi connectivity index (χ0n) is 9.96. The molecule has 0 saturated heterocycles. The molecule has 3 heteroatoms. The van der Waals surface area contributed by atoms with Crippen molar-refractivity contribution >= 4 is 11.0 Å². The van der Waals surface area contributed by atoms with E-state index in [9.17, 15) is 0 Å². The van der Waals surface area contributed by atoms with Crippen LogP contribution in [-0.4, -0.2) is 9.55 Å². The van der Waals surface area contributed by atoms with Crippen molar-refractivity contribution in [2.75, 3.05) is 0 Å². The summed E-state index contributed by atoms with van der Waals surface area (Å²) in [6, 6.07) is 14.3. The largest absolute Gasteiger partial charge is 0.322 e. The van der Waals surface area contributed by atoms with Crippen LogP contribution in [0.25, 0.3) is 22.6 Å². The minimum atomic E-state index is 0.995. The number of pyridine rings is 1. The van der Waals surface area contributed by atoms with E-state index in [0.29, 0.717) is 0 Å². The smallest absolute Gasteiger partial charge is 0.248 e. The van der Waals surface area contributed by atoms with E-state index in [-0.39, 0.29) is 0 Å². The number of fused-ring (bicyclic) bond motifs is 1. The molecule has 0 aliphatic carbocycles. The molecule has 2 heterocycles. The molecule has 17 heavy (non-hydrogen) atoms. The molecule has 3 nitrogen and oxygen atoms in total. The van der Waals surface area contributed by atoms with E-state index in [2.05, 4.69) is 33.3 Å². The molecule has 1 aromatic carbocycles. The summed E-state index contributed by atoms with van der Waals surface area (Å²) in [5, 5.41) is 0. The summed E-state index contributed by atoms with van der Waals surface area (Å²) in [6.07, 6.45) is 2.04. The van der Waals surface area contributed by atoms with Gasteiger partial charge in [0, 0.05) is 19.2 Å². The van der Waals surface area contributed by atoms with Gasteiger partial charge in [-0.25, -0.2) is 4.98 Å². The molecule has 0 aliphatic rings. The Morgan fingerprint density at radius 3 is 2.59 bits per heavy atom. The van der Waals surface area contributed by atoms with Crippen molar-refractivity contribution in [1.29, 1.82) is 0 Å². The predicted octanol–water partition coefficient (Wildman–Crippen LogP) is 2.06. The maximum Gasteiger partial charge on any atom is 0.248 e. The number of benzene rings is 1. The van der Waals surface area contributed by atoms with Gasteiger partial charge in [0.2, 0.25) is 11.5 Å². The van der Waals surface area contributed by atoms with Crippen LogP contribution >= 0.6 is 0 Å². The predicted molar refractivity (Wildman–Crippen MR) is 67.3 cm³/mol. The third-order valence-corrected chi connectivity index (χ3v) is 3.07. The molecule has 0 saturated carbocycles. The van der Waals surface area contributed by atoms with E-state index < -0.39 is 0 Å². The molecule has 0 radical (unpaired) electrons. The van der Waals surface area contributed by atoms with E-state index in [0.717, 1.165) is 22.6 Å². The molecule has 3 rings (SSSR count). The van der Waals surface area contributed by atoms with Gasteiger partial charge in [0.1, 0.15) is 7.05 Å². The quantitative estimate of drug-likeness (QED) is 0.580. The molecule has 0 bridgehead atoms. The van der Waals surface area contributed by atoms with Crippen LogP contribution in [0.15, 0.2) is 48.7 Å². The minimum Gasteiger partial charge on any atom is -0.322 e. The highest BCUT2D eigenvalue weighted by Gasteiger charge is 2.16. The topological polar surface area (TPSA) is 21.7 Å². The summed E-state index contributed by atoms with van der Waals surface area (Å²) in [5.74, 6) is 0.995. The Labute approximate surface area is 100.0 Å². The van der Waals surface area contributed by atoms with Crippen LogP contribution < -0.4 is 4.57 Å². The lowest BCUT2D eigenvalue weighted by atomic mass is 10.3. The Hall–Kier alpha value is -2.16. The number of aromatic nitrogens is 3. The van der Waals surface area contributed by atoms with E-state index in [1.165, 1.54) is 0 Å². The lowest BCUT2D eigenvalue weighted by molar-refractivity contribution is -0.660. The average molecular weight is 224 g/mol. The van der Waals surface area contributed by atoms with Gasteiger partial charge >= 0.3 is 0 Å². The van der Waals surface area contributed by atoms with Gasteiger partial charge in [0.25, 0.3) is 0 Å². The summed E-state index contributed by atoms with van der Waals surface area (Å²) >= 11 is 0. The van der Waals surface area contributed by atoms with Gasteiger partial charge in [-0.15, -0.1) is 0 Å². The van der Waals surface area contributed by atoms with Crippen molar-refractivity contribution < 1.29 is 4.57 Å². The number of para-hydroxylation sites is 2. The summed E-state index contributed by atoms with van der Waals surface area (Å²) < 4.78 is 4.21. The van der Waals surface area contributed by atoms with Crippen molar-refractivity contribution in [2.45, 2.75) is 0 Å². The molecule has 0 aliphatic heterocycles. The Morgan fingerprint density at radius 2 is 1.82 bits per heavy atom. The highest BCUT2D eigenvalue weighted by atomic mass is 15.1. The van der Waals surface area contributed by atoms with Gasteiger partial charge in [0.05, 0.1) is 11.0 Å². The monoisotopic (exact) mass is 224 g/mol. The van der Waals surface area contributed by atoms with Gasteiger partial charge in [-0.05, 0) is 18.2 Å². The van der Waals surface area contributed by atoms with E-state index in [1.54, 1.807) is 0 Å². The van der Waals surface area contributed by atoms with Gasteiger partial charge in [0.15, 0.2) is 6.20 Å². The fourth-order valence-electron chi connectivity index (χ4n) is 2.13. The first-order valence-corrected chi connectivity index (χ1v) is 5.64. The Balaban J connectivity index is 2.32. The normalized spacial score (nSPS) is 10.9. The maximum atomic E-state index is 4.69.